The zero-order valence-electron chi connectivity index (χ0n) is 24.0. The van der Waals surface area contributed by atoms with E-state index in [4.69, 9.17) is 15.5 Å². The highest BCUT2D eigenvalue weighted by Crippen LogP contribution is 2.46. The molecule has 0 unspecified atom stereocenters. The van der Waals surface area contributed by atoms with Gasteiger partial charge in [-0.1, -0.05) is 6.07 Å². The number of ketones is 1. The van der Waals surface area contributed by atoms with Gasteiger partial charge in [-0.15, -0.1) is 0 Å². The molecule has 11 heteroatoms. The molecule has 0 radical (unpaired) electrons. The van der Waals surface area contributed by atoms with E-state index in [-0.39, 0.29) is 30.9 Å². The van der Waals surface area contributed by atoms with Crippen molar-refractivity contribution in [2.75, 3.05) is 11.9 Å². The van der Waals surface area contributed by atoms with Crippen LogP contribution in [0.3, 0.4) is 0 Å². The van der Waals surface area contributed by atoms with Crippen LogP contribution in [-0.2, 0) is 15.8 Å². The molecule has 4 heterocycles. The van der Waals surface area contributed by atoms with Crippen LogP contribution < -0.4 is 15.8 Å². The Morgan fingerprint density at radius 3 is 2.64 bits per heavy atom. The van der Waals surface area contributed by atoms with Gasteiger partial charge in [0.15, 0.2) is 5.78 Å². The number of Topliss-reactive ketones (excluding diaryl/α,β-unsaturated/α-hetero) is 1. The number of fused-ring (bicyclic) bond motifs is 2. The van der Waals surface area contributed by atoms with E-state index >= 15 is 0 Å². The largest absolute Gasteiger partial charge is 0.489 e. The Kier molecular flexibility index (Phi) is 7.26. The molecule has 4 N–H and O–H groups in total. The Bertz CT molecular complexity index is 1900. The number of benzene rings is 2. The van der Waals surface area contributed by atoms with Crippen LogP contribution in [-0.4, -0.2) is 43.3 Å². The average molecular weight is 593 g/mol. The van der Waals surface area contributed by atoms with Gasteiger partial charge in [0.05, 0.1) is 23.1 Å². The Morgan fingerprint density at radius 1 is 1.11 bits per heavy atom. The van der Waals surface area contributed by atoms with E-state index < -0.39 is 22.7 Å². The zero-order chi connectivity index (χ0) is 31.1. The first-order valence-electron chi connectivity index (χ1n) is 14.0. The van der Waals surface area contributed by atoms with Gasteiger partial charge in [-0.05, 0) is 68.8 Å². The standard InChI is InChI=1S/C33H29FN6O4/c1-32(31(35)42)18-44-30-23(32)16-26(40-29(30)19-5-7-22(34)8-6-19)33(2,43)10-9-25(41)21-14-20-4-3-11-38-28(20)24(15-21)39-27-17-36-12-13-37-27/h3-8,11-17,43H,9-10,18H2,1-2H3,(H2,35,42)(H,37,39)/t32-,33-/m0/s1. The van der Waals surface area contributed by atoms with Crippen molar-refractivity contribution in [3.8, 4) is 17.0 Å². The predicted octanol–water partition coefficient (Wildman–Crippen LogP) is 4.98. The summed E-state index contributed by atoms with van der Waals surface area (Å²) in [5.74, 6) is -0.372. The molecule has 1 aliphatic heterocycles. The minimum Gasteiger partial charge on any atom is -0.489 e. The minimum atomic E-state index is -1.58. The smallest absolute Gasteiger partial charge is 0.231 e. The summed E-state index contributed by atoms with van der Waals surface area (Å²) in [5, 5.41) is 15.6. The highest BCUT2D eigenvalue weighted by Gasteiger charge is 2.45. The lowest BCUT2D eigenvalue weighted by atomic mass is 9.81. The van der Waals surface area contributed by atoms with Crippen LogP contribution in [0.4, 0.5) is 15.9 Å². The first kappa shape index (κ1) is 28.8. The van der Waals surface area contributed by atoms with E-state index in [2.05, 4.69) is 20.3 Å². The maximum atomic E-state index is 13.7. The van der Waals surface area contributed by atoms with E-state index in [1.165, 1.54) is 12.1 Å². The van der Waals surface area contributed by atoms with Crippen molar-refractivity contribution < 1.29 is 23.8 Å². The van der Waals surface area contributed by atoms with Crippen LogP contribution in [0.15, 0.2) is 79.4 Å². The number of aliphatic hydroxyl groups is 1. The molecule has 10 nitrogen and oxygen atoms in total. The van der Waals surface area contributed by atoms with E-state index in [0.29, 0.717) is 45.2 Å². The van der Waals surface area contributed by atoms with Crippen molar-refractivity contribution in [2.24, 2.45) is 5.73 Å². The molecule has 0 saturated heterocycles. The summed E-state index contributed by atoms with van der Waals surface area (Å²) < 4.78 is 19.6. The number of carbonyl (C=O) groups excluding carboxylic acids is 2. The van der Waals surface area contributed by atoms with Crippen molar-refractivity contribution in [3.63, 3.8) is 0 Å². The number of pyridine rings is 2. The Labute approximate surface area is 252 Å². The van der Waals surface area contributed by atoms with Gasteiger partial charge in [0.1, 0.15) is 40.7 Å². The summed E-state index contributed by atoms with van der Waals surface area (Å²) in [7, 11) is 0. The Balaban J connectivity index is 1.32. The molecule has 222 valence electrons. The molecule has 1 aliphatic rings. The average Bonchev–Trinajstić information content (AvgIpc) is 3.38. The molecular formula is C33H29FN6O4. The third-order valence-corrected chi connectivity index (χ3v) is 7.98. The Hall–Kier alpha value is -5.29. The second-order valence-electron chi connectivity index (χ2n) is 11.2. The molecule has 0 fully saturated rings. The number of anilines is 2. The first-order valence-corrected chi connectivity index (χ1v) is 14.0. The second-order valence-corrected chi connectivity index (χ2v) is 11.2. The fourth-order valence-electron chi connectivity index (χ4n) is 5.25. The van der Waals surface area contributed by atoms with E-state index in [0.717, 1.165) is 5.39 Å². The molecule has 6 rings (SSSR count). The van der Waals surface area contributed by atoms with Crippen molar-refractivity contribution in [1.82, 2.24) is 19.9 Å². The maximum Gasteiger partial charge on any atom is 0.231 e. The lowest BCUT2D eigenvalue weighted by Gasteiger charge is -2.26. The second kappa shape index (κ2) is 11.1. The molecule has 44 heavy (non-hydrogen) atoms. The van der Waals surface area contributed by atoms with Gasteiger partial charge in [-0.25, -0.2) is 14.4 Å². The highest BCUT2D eigenvalue weighted by atomic mass is 19.1. The molecule has 0 bridgehead atoms. The third kappa shape index (κ3) is 5.33. The van der Waals surface area contributed by atoms with Crippen LogP contribution in [0.2, 0.25) is 0 Å². The summed E-state index contributed by atoms with van der Waals surface area (Å²) >= 11 is 0. The monoisotopic (exact) mass is 592 g/mol. The van der Waals surface area contributed by atoms with Crippen molar-refractivity contribution >= 4 is 34.1 Å². The Morgan fingerprint density at radius 2 is 1.91 bits per heavy atom. The molecule has 0 aliphatic carbocycles. The highest BCUT2D eigenvalue weighted by molar-refractivity contribution is 6.03. The number of hydrogen-bond donors (Lipinski definition) is 3. The lowest BCUT2D eigenvalue weighted by molar-refractivity contribution is -0.123. The number of amides is 1. The van der Waals surface area contributed by atoms with Crippen molar-refractivity contribution in [3.05, 3.63) is 102 Å². The van der Waals surface area contributed by atoms with Gasteiger partial charge in [-0.3, -0.25) is 19.6 Å². The molecule has 0 spiro atoms. The number of ether oxygens (including phenoxy) is 1. The number of aromatic nitrogens is 4. The molecule has 0 saturated carbocycles. The maximum absolute atomic E-state index is 13.7. The molecule has 1 amide bonds. The quantitative estimate of drug-likeness (QED) is 0.201. The number of hydrogen-bond acceptors (Lipinski definition) is 9. The van der Waals surface area contributed by atoms with Gasteiger partial charge >= 0.3 is 0 Å². The van der Waals surface area contributed by atoms with Crippen LogP contribution in [0.1, 0.15) is 48.3 Å². The van der Waals surface area contributed by atoms with Crippen LogP contribution >= 0.6 is 0 Å². The summed E-state index contributed by atoms with van der Waals surface area (Å²) in [5.41, 5.74) is 6.28. The number of nitrogens with one attached hydrogen (secondary N) is 1. The molecular weight excluding hydrogens is 563 g/mol. The summed E-state index contributed by atoms with van der Waals surface area (Å²) in [6.07, 6.45) is 6.36. The van der Waals surface area contributed by atoms with Gasteiger partial charge in [0, 0.05) is 47.1 Å². The predicted molar refractivity (Wildman–Crippen MR) is 162 cm³/mol. The topological polar surface area (TPSA) is 153 Å². The number of halogens is 1. The number of rotatable bonds is 9. The summed E-state index contributed by atoms with van der Waals surface area (Å²) in [6.45, 7) is 3.23. The van der Waals surface area contributed by atoms with Crippen LogP contribution in [0.25, 0.3) is 22.2 Å². The van der Waals surface area contributed by atoms with E-state index in [1.54, 1.807) is 75.0 Å². The lowest BCUT2D eigenvalue weighted by Crippen LogP contribution is -2.40. The number of carbonyl (C=O) groups is 2. The van der Waals surface area contributed by atoms with Crippen LogP contribution in [0, 0.1) is 5.82 Å². The van der Waals surface area contributed by atoms with E-state index in [1.807, 2.05) is 6.07 Å². The third-order valence-electron chi connectivity index (χ3n) is 7.98. The fourth-order valence-corrected chi connectivity index (χ4v) is 5.25. The molecule has 3 aromatic heterocycles. The number of primary amides is 1. The van der Waals surface area contributed by atoms with E-state index in [9.17, 15) is 19.1 Å². The van der Waals surface area contributed by atoms with Gasteiger partial charge < -0.3 is 20.9 Å². The summed E-state index contributed by atoms with van der Waals surface area (Å²) in [4.78, 5) is 43.5. The molecule has 2 aromatic carbocycles. The minimum absolute atomic E-state index is 0.000618. The SMILES string of the molecule is C[C@](O)(CCC(=O)c1cc(Nc2cnccn2)c2ncccc2c1)c1cc2c(c(-c3ccc(F)cc3)n1)OC[C@]2(C)C(N)=O. The first-order chi connectivity index (χ1) is 21.0. The summed E-state index contributed by atoms with van der Waals surface area (Å²) in [6, 6.07) is 14.4. The molecule has 5 aromatic rings. The van der Waals surface area contributed by atoms with Crippen LogP contribution in [0.5, 0.6) is 5.75 Å². The number of nitrogens with two attached hydrogens (primary N) is 1. The number of nitrogens with zero attached hydrogens (tertiary/aromatic N) is 4. The van der Waals surface area contributed by atoms with Gasteiger partial charge in [0.2, 0.25) is 5.91 Å². The van der Waals surface area contributed by atoms with Crippen molar-refractivity contribution in [2.45, 2.75) is 37.7 Å². The van der Waals surface area contributed by atoms with Crippen molar-refractivity contribution in [1.29, 1.82) is 0 Å². The normalized spacial score (nSPS) is 17.0. The zero-order valence-corrected chi connectivity index (χ0v) is 24.0. The molecule has 2 atom stereocenters. The fraction of sp³-hybridized carbons (Fsp3) is 0.212. The van der Waals surface area contributed by atoms with Gasteiger partial charge in [-0.2, -0.15) is 0 Å². The van der Waals surface area contributed by atoms with Gasteiger partial charge in [0.25, 0.3) is 0 Å².